The topological polar surface area (TPSA) is 101 Å². The Labute approximate surface area is 125 Å². The third kappa shape index (κ3) is 2.90. The molecule has 0 saturated carbocycles. The second kappa shape index (κ2) is 5.44. The number of piperidine rings is 1. The smallest absolute Gasteiger partial charge is 0.326 e. The van der Waals surface area contributed by atoms with Gasteiger partial charge in [0.05, 0.1) is 10.5 Å². The molecule has 1 aromatic rings. The van der Waals surface area contributed by atoms with Crippen molar-refractivity contribution in [2.45, 2.75) is 32.7 Å². The number of carbonyl (C=O) groups excluding carboxylic acids is 1. The van der Waals surface area contributed by atoms with Crippen LogP contribution in [0.25, 0.3) is 0 Å². The number of nitrogens with zero attached hydrogens (tertiary/aromatic N) is 2. The molecule has 0 spiro atoms. The van der Waals surface area contributed by atoms with Crippen LogP contribution in [0.1, 0.15) is 37.0 Å². The largest absolute Gasteiger partial charge is 0.480 e. The van der Waals surface area contributed by atoms with Crippen LogP contribution in [0.3, 0.4) is 0 Å². The maximum absolute atomic E-state index is 12.5. The molecule has 0 radical (unpaired) electrons. The first-order valence-electron chi connectivity index (χ1n) is 6.51. The highest BCUT2D eigenvalue weighted by Crippen LogP contribution is 2.36. The van der Waals surface area contributed by atoms with Crippen LogP contribution in [-0.4, -0.2) is 39.4 Å². The summed E-state index contributed by atoms with van der Waals surface area (Å²) in [5, 5.41) is 21.4. The van der Waals surface area contributed by atoms with Gasteiger partial charge < -0.3 is 10.0 Å². The van der Waals surface area contributed by atoms with Crippen molar-refractivity contribution >= 4 is 28.2 Å². The molecule has 1 amide bonds. The molecule has 0 bridgehead atoms. The second-order valence-corrected chi connectivity index (χ2v) is 6.65. The Kier molecular flexibility index (Phi) is 3.99. The molecule has 1 aliphatic rings. The number of likely N-dealkylation sites (tertiary alicyclic amines) is 1. The number of rotatable bonds is 3. The zero-order chi connectivity index (χ0) is 15.8. The van der Waals surface area contributed by atoms with E-state index < -0.39 is 28.3 Å². The summed E-state index contributed by atoms with van der Waals surface area (Å²) in [6, 6.07) is 0.283. The summed E-state index contributed by atoms with van der Waals surface area (Å²) < 4.78 is 0. The Hall–Kier alpha value is -1.96. The number of thiophene rings is 1. The molecule has 1 aliphatic heterocycles. The number of nitro groups is 1. The first-order chi connectivity index (χ1) is 9.74. The van der Waals surface area contributed by atoms with E-state index in [1.54, 1.807) is 0 Å². The maximum atomic E-state index is 12.5. The summed E-state index contributed by atoms with van der Waals surface area (Å²) in [4.78, 5) is 35.5. The van der Waals surface area contributed by atoms with Crippen molar-refractivity contribution in [3.05, 3.63) is 27.1 Å². The molecule has 2 rings (SSSR count). The van der Waals surface area contributed by atoms with Crippen LogP contribution in [0.4, 0.5) is 5.00 Å². The maximum Gasteiger partial charge on any atom is 0.326 e. The molecule has 1 fully saturated rings. The molecule has 0 aliphatic carbocycles. The molecule has 1 aromatic heterocycles. The van der Waals surface area contributed by atoms with Crippen LogP contribution in [-0.2, 0) is 4.79 Å². The Morgan fingerprint density at radius 3 is 2.71 bits per heavy atom. The molecule has 2 heterocycles. The molecule has 7 nitrogen and oxygen atoms in total. The minimum atomic E-state index is -1.04. The third-order valence-corrected chi connectivity index (χ3v) is 4.66. The van der Waals surface area contributed by atoms with E-state index in [1.807, 2.05) is 13.8 Å². The van der Waals surface area contributed by atoms with Crippen LogP contribution in [0, 0.1) is 15.5 Å². The van der Waals surface area contributed by atoms with Gasteiger partial charge in [-0.3, -0.25) is 14.9 Å². The predicted molar refractivity (Wildman–Crippen MR) is 76.4 cm³/mol. The average molecular weight is 312 g/mol. The minimum Gasteiger partial charge on any atom is -0.480 e. The predicted octanol–water partition coefficient (Wildman–Crippen LogP) is 2.37. The lowest BCUT2D eigenvalue weighted by Crippen LogP contribution is -2.56. The summed E-state index contributed by atoms with van der Waals surface area (Å²) in [5.74, 6) is -1.50. The highest BCUT2D eigenvalue weighted by molar-refractivity contribution is 7.13. The summed E-state index contributed by atoms with van der Waals surface area (Å²) in [6.07, 6.45) is 1.44. The van der Waals surface area contributed by atoms with Gasteiger partial charge in [0.1, 0.15) is 6.04 Å². The van der Waals surface area contributed by atoms with Gasteiger partial charge in [0, 0.05) is 18.0 Å². The number of carbonyl (C=O) groups is 2. The fourth-order valence-corrected chi connectivity index (χ4v) is 3.48. The molecule has 1 saturated heterocycles. The van der Waals surface area contributed by atoms with Crippen molar-refractivity contribution in [2.24, 2.45) is 5.41 Å². The lowest BCUT2D eigenvalue weighted by atomic mass is 9.76. The lowest BCUT2D eigenvalue weighted by Gasteiger charge is -2.43. The van der Waals surface area contributed by atoms with E-state index in [4.69, 9.17) is 0 Å². The molecule has 1 N–H and O–H groups in total. The zero-order valence-corrected chi connectivity index (χ0v) is 12.6. The normalized spacial score (nSPS) is 21.0. The average Bonchev–Trinajstić information content (AvgIpc) is 2.85. The highest BCUT2D eigenvalue weighted by atomic mass is 32.1. The molecule has 21 heavy (non-hydrogen) atoms. The van der Waals surface area contributed by atoms with Crippen LogP contribution in [0.15, 0.2) is 11.4 Å². The van der Waals surface area contributed by atoms with Gasteiger partial charge in [-0.1, -0.05) is 25.2 Å². The number of carboxylic acid groups (broad SMARTS) is 1. The van der Waals surface area contributed by atoms with Crippen molar-refractivity contribution in [1.82, 2.24) is 4.90 Å². The Morgan fingerprint density at radius 1 is 1.52 bits per heavy atom. The summed E-state index contributed by atoms with van der Waals surface area (Å²) >= 11 is 0.865. The van der Waals surface area contributed by atoms with Gasteiger partial charge in [-0.05, 0) is 18.3 Å². The van der Waals surface area contributed by atoms with Crippen LogP contribution < -0.4 is 0 Å². The molecule has 0 aromatic carbocycles. The molecular weight excluding hydrogens is 296 g/mol. The van der Waals surface area contributed by atoms with Crippen molar-refractivity contribution in [1.29, 1.82) is 0 Å². The van der Waals surface area contributed by atoms with Crippen molar-refractivity contribution in [3.8, 4) is 0 Å². The third-order valence-electron chi connectivity index (χ3n) is 3.78. The van der Waals surface area contributed by atoms with Crippen molar-refractivity contribution in [2.75, 3.05) is 6.54 Å². The van der Waals surface area contributed by atoms with E-state index in [2.05, 4.69) is 0 Å². The van der Waals surface area contributed by atoms with Gasteiger partial charge in [-0.25, -0.2) is 4.79 Å². The van der Waals surface area contributed by atoms with Crippen molar-refractivity contribution in [3.63, 3.8) is 0 Å². The van der Waals surface area contributed by atoms with Gasteiger partial charge >= 0.3 is 11.0 Å². The van der Waals surface area contributed by atoms with Gasteiger partial charge in [-0.2, -0.15) is 0 Å². The van der Waals surface area contributed by atoms with E-state index in [-0.39, 0.29) is 10.6 Å². The summed E-state index contributed by atoms with van der Waals surface area (Å²) in [5.41, 5.74) is -0.350. The van der Waals surface area contributed by atoms with Gasteiger partial charge in [0.25, 0.3) is 5.91 Å². The van der Waals surface area contributed by atoms with E-state index in [0.29, 0.717) is 6.54 Å². The Morgan fingerprint density at radius 2 is 2.19 bits per heavy atom. The van der Waals surface area contributed by atoms with E-state index in [9.17, 15) is 24.8 Å². The molecule has 8 heteroatoms. The van der Waals surface area contributed by atoms with Crippen LogP contribution in [0.5, 0.6) is 0 Å². The van der Waals surface area contributed by atoms with E-state index in [1.165, 1.54) is 16.3 Å². The monoisotopic (exact) mass is 312 g/mol. The standard InChI is InChI=1S/C13H16N2O5S/c1-13(2)4-3-5-14(10(13)12(17)18)11(16)8-6-9(15(19)20)21-7-8/h6-7,10H,3-5H2,1-2H3,(H,17,18). The van der Waals surface area contributed by atoms with Gasteiger partial charge in [-0.15, -0.1) is 0 Å². The lowest BCUT2D eigenvalue weighted by molar-refractivity contribution is -0.380. The fourth-order valence-electron chi connectivity index (χ4n) is 2.78. The number of hydrogen-bond acceptors (Lipinski definition) is 5. The van der Waals surface area contributed by atoms with Crippen LogP contribution in [0.2, 0.25) is 0 Å². The number of aliphatic carboxylic acids is 1. The molecule has 1 atom stereocenters. The van der Waals surface area contributed by atoms with E-state index >= 15 is 0 Å². The number of carboxylic acids is 1. The summed E-state index contributed by atoms with van der Waals surface area (Å²) in [7, 11) is 0. The van der Waals surface area contributed by atoms with E-state index in [0.717, 1.165) is 24.2 Å². The Balaban J connectivity index is 2.31. The van der Waals surface area contributed by atoms with Gasteiger partial charge in [0.2, 0.25) is 0 Å². The quantitative estimate of drug-likeness (QED) is 0.682. The highest BCUT2D eigenvalue weighted by Gasteiger charge is 2.44. The SMILES string of the molecule is CC1(C)CCCN(C(=O)c2csc([N+](=O)[O-])c2)C1C(=O)O. The second-order valence-electron chi connectivity index (χ2n) is 5.76. The molecular formula is C13H16N2O5S. The Bertz CT molecular complexity index is 595. The first-order valence-corrected chi connectivity index (χ1v) is 7.39. The zero-order valence-electron chi connectivity index (χ0n) is 11.7. The fraction of sp³-hybridized carbons (Fsp3) is 0.538. The van der Waals surface area contributed by atoms with Crippen LogP contribution >= 0.6 is 11.3 Å². The summed E-state index contributed by atoms with van der Waals surface area (Å²) in [6.45, 7) is 3.99. The number of amides is 1. The molecule has 114 valence electrons. The molecule has 1 unspecified atom stereocenters. The number of hydrogen-bond donors (Lipinski definition) is 1. The van der Waals surface area contributed by atoms with Crippen molar-refractivity contribution < 1.29 is 19.6 Å². The minimum absolute atomic E-state index is 0.124. The first kappa shape index (κ1) is 15.4. The van der Waals surface area contributed by atoms with Gasteiger partial charge in [0.15, 0.2) is 0 Å².